The van der Waals surface area contributed by atoms with Crippen LogP contribution in [0.25, 0.3) is 10.8 Å². The quantitative estimate of drug-likeness (QED) is 0.437. The molecule has 1 aliphatic carbocycles. The van der Waals surface area contributed by atoms with Gasteiger partial charge in [-0.25, -0.2) is 0 Å². The van der Waals surface area contributed by atoms with Gasteiger partial charge in [0.25, 0.3) is 0 Å². The lowest BCUT2D eigenvalue weighted by Crippen LogP contribution is -2.18. The molecule has 0 amide bonds. The number of aliphatic imine (C=N–C) groups is 1. The van der Waals surface area contributed by atoms with Crippen LogP contribution in [0.4, 0.5) is 0 Å². The van der Waals surface area contributed by atoms with Crippen LogP contribution in [0.1, 0.15) is 91.9 Å². The van der Waals surface area contributed by atoms with Gasteiger partial charge < -0.3 is 5.11 Å². The second-order valence-electron chi connectivity index (χ2n) is 10.8. The highest BCUT2D eigenvalue weighted by Gasteiger charge is 2.40. The van der Waals surface area contributed by atoms with Crippen molar-refractivity contribution >= 4 is 16.5 Å². The van der Waals surface area contributed by atoms with E-state index in [9.17, 15) is 10.4 Å². The number of nitrogens with zero attached hydrogens (tertiary/aromatic N) is 2. The van der Waals surface area contributed by atoms with E-state index in [0.717, 1.165) is 35.7 Å². The van der Waals surface area contributed by atoms with Gasteiger partial charge in [-0.05, 0) is 99.7 Å². The van der Waals surface area contributed by atoms with Crippen LogP contribution in [0.15, 0.2) is 53.5 Å². The fourth-order valence-electron chi connectivity index (χ4n) is 5.63. The molecule has 0 saturated heterocycles. The molecule has 1 N–H and O–H groups in total. The van der Waals surface area contributed by atoms with Crippen molar-refractivity contribution in [2.24, 2.45) is 16.8 Å². The fraction of sp³-hybridized carbons (Fsp3) is 0.419. The minimum absolute atomic E-state index is 0.397. The smallest absolute Gasteiger partial charge is 0.0991 e. The van der Waals surface area contributed by atoms with Crippen LogP contribution in [0, 0.1) is 23.2 Å². The average Bonchev–Trinajstić information content (AvgIpc) is 3.62. The second-order valence-corrected chi connectivity index (χ2v) is 10.8. The zero-order chi connectivity index (χ0) is 24.0. The molecule has 3 aromatic rings. The number of hydrogen-bond donors (Lipinski definition) is 1. The highest BCUT2D eigenvalue weighted by Crippen LogP contribution is 2.55. The highest BCUT2D eigenvalue weighted by atomic mass is 16.3. The van der Waals surface area contributed by atoms with Crippen LogP contribution in [-0.4, -0.2) is 17.4 Å². The summed E-state index contributed by atoms with van der Waals surface area (Å²) >= 11 is 0. The third kappa shape index (κ3) is 4.28. The molecule has 3 nitrogen and oxygen atoms in total. The van der Waals surface area contributed by atoms with Crippen molar-refractivity contribution in [2.75, 3.05) is 6.54 Å². The van der Waals surface area contributed by atoms with Crippen molar-refractivity contribution in [3.63, 3.8) is 0 Å². The predicted molar refractivity (Wildman–Crippen MR) is 140 cm³/mol. The summed E-state index contributed by atoms with van der Waals surface area (Å²) < 4.78 is 0. The monoisotopic (exact) mass is 450 g/mol. The maximum atomic E-state index is 11.1. The van der Waals surface area contributed by atoms with E-state index in [-0.39, 0.29) is 0 Å². The van der Waals surface area contributed by atoms with Gasteiger partial charge in [-0.2, -0.15) is 5.26 Å². The van der Waals surface area contributed by atoms with E-state index in [1.54, 1.807) is 0 Å². The third-order valence-corrected chi connectivity index (χ3v) is 7.46. The van der Waals surface area contributed by atoms with Crippen molar-refractivity contribution < 1.29 is 5.11 Å². The molecule has 1 fully saturated rings. The summed E-state index contributed by atoms with van der Waals surface area (Å²) in [5.74, 6) is 1.81. The number of aliphatic hydroxyl groups is 1. The molecule has 174 valence electrons. The number of benzene rings is 3. The molecule has 2 aliphatic rings. The fourth-order valence-corrected chi connectivity index (χ4v) is 5.63. The van der Waals surface area contributed by atoms with Gasteiger partial charge in [-0.3, -0.25) is 4.99 Å². The summed E-state index contributed by atoms with van der Waals surface area (Å²) in [6.07, 6.45) is 2.36. The molecular weight excluding hydrogens is 416 g/mol. The van der Waals surface area contributed by atoms with Crippen LogP contribution in [-0.2, 0) is 6.42 Å². The van der Waals surface area contributed by atoms with Gasteiger partial charge in [-0.1, -0.05) is 58.0 Å². The lowest BCUT2D eigenvalue weighted by molar-refractivity contribution is 0.152. The molecule has 1 aliphatic heterocycles. The summed E-state index contributed by atoms with van der Waals surface area (Å²) in [6.45, 7) is 9.64. The Bertz CT molecular complexity index is 1310. The van der Waals surface area contributed by atoms with Gasteiger partial charge >= 0.3 is 0 Å². The van der Waals surface area contributed by atoms with Crippen molar-refractivity contribution in [3.8, 4) is 6.07 Å². The lowest BCUT2D eigenvalue weighted by atomic mass is 9.88. The maximum absolute atomic E-state index is 11.1. The van der Waals surface area contributed by atoms with Gasteiger partial charge in [-0.15, -0.1) is 0 Å². The third-order valence-electron chi connectivity index (χ3n) is 7.46. The molecule has 3 heteroatoms. The van der Waals surface area contributed by atoms with Gasteiger partial charge in [0.1, 0.15) is 0 Å². The zero-order valence-electron chi connectivity index (χ0n) is 20.7. The summed E-state index contributed by atoms with van der Waals surface area (Å²) in [5, 5.41) is 22.6. The van der Waals surface area contributed by atoms with Gasteiger partial charge in [0.2, 0.25) is 0 Å². The largest absolute Gasteiger partial charge is 0.388 e. The Morgan fingerprint density at radius 3 is 2.53 bits per heavy atom. The number of fused-ring (bicyclic) bond motifs is 2. The van der Waals surface area contributed by atoms with E-state index >= 15 is 0 Å². The summed E-state index contributed by atoms with van der Waals surface area (Å²) in [7, 11) is 0. The SMILES string of the molecule is CC(C)CC(O)c1cc(C2CC2c2ccc3c(c2)C(C(C)C)=NCC3)cc2ccc(C#N)cc12. The van der Waals surface area contributed by atoms with E-state index in [0.29, 0.717) is 35.7 Å². The first kappa shape index (κ1) is 22.8. The Hall–Kier alpha value is -2.96. The Labute approximate surface area is 203 Å². The van der Waals surface area contributed by atoms with Crippen molar-refractivity contribution in [1.29, 1.82) is 5.26 Å². The second kappa shape index (κ2) is 9.01. The van der Waals surface area contributed by atoms with Gasteiger partial charge in [0.15, 0.2) is 0 Å². The van der Waals surface area contributed by atoms with E-state index in [1.165, 1.54) is 28.0 Å². The minimum atomic E-state index is -0.526. The molecule has 1 saturated carbocycles. The number of nitriles is 1. The molecule has 3 atom stereocenters. The summed E-state index contributed by atoms with van der Waals surface area (Å²) in [4.78, 5) is 4.84. The Kier molecular flexibility index (Phi) is 6.04. The standard InChI is InChI=1S/C31H34N2O/c1-18(2)11-30(34)29-15-24(13-22-6-5-20(17-32)12-25(22)29)27-16-26(27)23-8-7-21-9-10-33-31(19(3)4)28(21)14-23/h5-8,12-15,18-19,26-27,30,34H,9-11,16H2,1-4H3. The van der Waals surface area contributed by atoms with E-state index in [4.69, 9.17) is 4.99 Å². The first-order valence-corrected chi connectivity index (χ1v) is 12.7. The van der Waals surface area contributed by atoms with E-state index in [2.05, 4.69) is 64.1 Å². The Morgan fingerprint density at radius 2 is 1.79 bits per heavy atom. The number of rotatable bonds is 6. The summed E-state index contributed by atoms with van der Waals surface area (Å²) in [6, 6.07) is 19.6. The summed E-state index contributed by atoms with van der Waals surface area (Å²) in [5.41, 5.74) is 8.33. The molecule has 3 unspecified atom stereocenters. The first-order valence-electron chi connectivity index (χ1n) is 12.7. The minimum Gasteiger partial charge on any atom is -0.388 e. The Morgan fingerprint density at radius 1 is 1.00 bits per heavy atom. The first-order chi connectivity index (χ1) is 16.4. The number of aliphatic hydroxyl groups excluding tert-OH is 1. The van der Waals surface area contributed by atoms with Crippen LogP contribution in [0.5, 0.6) is 0 Å². The topological polar surface area (TPSA) is 56.4 Å². The Balaban J connectivity index is 1.50. The maximum Gasteiger partial charge on any atom is 0.0991 e. The molecular formula is C31H34N2O. The molecule has 0 bridgehead atoms. The molecule has 3 aromatic carbocycles. The number of hydrogen-bond acceptors (Lipinski definition) is 3. The van der Waals surface area contributed by atoms with Crippen LogP contribution >= 0.6 is 0 Å². The van der Waals surface area contributed by atoms with Crippen molar-refractivity contribution in [3.05, 3.63) is 81.9 Å². The molecule has 0 aromatic heterocycles. The zero-order valence-corrected chi connectivity index (χ0v) is 20.7. The predicted octanol–water partition coefficient (Wildman–Crippen LogP) is 7.06. The van der Waals surface area contributed by atoms with E-state index < -0.39 is 6.10 Å². The van der Waals surface area contributed by atoms with Crippen LogP contribution in [0.2, 0.25) is 0 Å². The van der Waals surface area contributed by atoms with Crippen molar-refractivity contribution in [1.82, 2.24) is 0 Å². The average molecular weight is 451 g/mol. The molecule has 0 spiro atoms. The molecule has 1 heterocycles. The molecule has 34 heavy (non-hydrogen) atoms. The molecule has 0 radical (unpaired) electrons. The van der Waals surface area contributed by atoms with E-state index in [1.807, 2.05) is 18.2 Å². The lowest BCUT2D eigenvalue weighted by Gasteiger charge is -2.21. The van der Waals surface area contributed by atoms with Gasteiger partial charge in [0.05, 0.1) is 17.7 Å². The van der Waals surface area contributed by atoms with Crippen molar-refractivity contribution in [2.45, 2.75) is 64.9 Å². The highest BCUT2D eigenvalue weighted by molar-refractivity contribution is 6.04. The van der Waals surface area contributed by atoms with Crippen LogP contribution in [0.3, 0.4) is 0 Å². The van der Waals surface area contributed by atoms with Gasteiger partial charge in [0, 0.05) is 12.3 Å². The van der Waals surface area contributed by atoms with Crippen LogP contribution < -0.4 is 0 Å². The molecule has 5 rings (SSSR count). The normalized spacial score (nSPS) is 20.2.